The Labute approximate surface area is 70.6 Å². The molecule has 1 amide bonds. The van der Waals surface area contributed by atoms with Crippen LogP contribution < -0.4 is 11.1 Å². The number of carbonyl (C=O) groups is 1. The van der Waals surface area contributed by atoms with E-state index in [-0.39, 0.29) is 17.9 Å². The maximum Gasteiger partial charge on any atom is 0.246 e. The average molecular weight is 162 g/mol. The topological polar surface area (TPSA) is 55.1 Å². The normalized spacial score (nSPS) is 30.8. The highest BCUT2D eigenvalue weighted by Crippen LogP contribution is 2.25. The second kappa shape index (κ2) is 2.52. The van der Waals surface area contributed by atoms with Crippen molar-refractivity contribution in [1.82, 2.24) is 5.32 Å². The number of allylic oxidation sites excluding steroid dienone is 2. The summed E-state index contributed by atoms with van der Waals surface area (Å²) in [4.78, 5) is 10.9. The van der Waals surface area contributed by atoms with Gasteiger partial charge in [0.15, 0.2) is 0 Å². The van der Waals surface area contributed by atoms with Crippen molar-refractivity contribution in [3.63, 3.8) is 0 Å². The first-order chi connectivity index (χ1) is 5.79. The molecule has 0 aromatic carbocycles. The number of nitrogens with one attached hydrogen (secondary N) is 1. The van der Waals surface area contributed by atoms with Gasteiger partial charge in [-0.25, -0.2) is 0 Å². The number of amides is 1. The van der Waals surface area contributed by atoms with Crippen molar-refractivity contribution in [3.8, 4) is 0 Å². The summed E-state index contributed by atoms with van der Waals surface area (Å²) in [6.45, 7) is 0. The summed E-state index contributed by atoms with van der Waals surface area (Å²) in [6, 6.07) is 0.220. The van der Waals surface area contributed by atoms with Gasteiger partial charge in [0.25, 0.3) is 0 Å². The van der Waals surface area contributed by atoms with Crippen molar-refractivity contribution in [2.75, 3.05) is 0 Å². The third-order valence-corrected chi connectivity index (χ3v) is 2.21. The van der Waals surface area contributed by atoms with Crippen LogP contribution in [0, 0.1) is 5.92 Å². The summed E-state index contributed by atoms with van der Waals surface area (Å²) in [5.74, 6) is -0.206. The summed E-state index contributed by atoms with van der Waals surface area (Å²) < 4.78 is 0. The molecule has 2 rings (SSSR count). The lowest BCUT2D eigenvalue weighted by molar-refractivity contribution is -0.114. The molecule has 0 aromatic heterocycles. The Bertz CT molecular complexity index is 302. The molecule has 12 heavy (non-hydrogen) atoms. The highest BCUT2D eigenvalue weighted by molar-refractivity contribution is 5.93. The van der Waals surface area contributed by atoms with Gasteiger partial charge in [0.1, 0.15) is 0 Å². The first-order valence-corrected chi connectivity index (χ1v) is 3.90. The van der Waals surface area contributed by atoms with E-state index in [0.29, 0.717) is 5.57 Å². The van der Waals surface area contributed by atoms with Gasteiger partial charge < -0.3 is 11.1 Å². The molecule has 0 spiro atoms. The summed E-state index contributed by atoms with van der Waals surface area (Å²) in [7, 11) is 0. The third-order valence-electron chi connectivity index (χ3n) is 2.21. The molecule has 0 radical (unpaired) electrons. The lowest BCUT2D eigenvalue weighted by atomic mass is 9.91. The number of hydrogen-bond acceptors (Lipinski definition) is 2. The van der Waals surface area contributed by atoms with Crippen LogP contribution in [0.25, 0.3) is 0 Å². The average Bonchev–Trinajstić information content (AvgIpc) is 2.47. The zero-order valence-electron chi connectivity index (χ0n) is 6.53. The van der Waals surface area contributed by atoms with Crippen molar-refractivity contribution in [2.45, 2.75) is 6.04 Å². The molecule has 1 heterocycles. The van der Waals surface area contributed by atoms with E-state index in [9.17, 15) is 4.79 Å². The van der Waals surface area contributed by atoms with Crippen molar-refractivity contribution < 1.29 is 4.79 Å². The minimum absolute atomic E-state index is 0.132. The van der Waals surface area contributed by atoms with Crippen LogP contribution in [0.2, 0.25) is 0 Å². The minimum Gasteiger partial charge on any atom is -0.383 e. The Morgan fingerprint density at radius 3 is 2.92 bits per heavy atom. The summed E-state index contributed by atoms with van der Waals surface area (Å²) >= 11 is 0. The van der Waals surface area contributed by atoms with E-state index in [1.807, 2.05) is 24.3 Å². The fourth-order valence-electron chi connectivity index (χ4n) is 1.58. The van der Waals surface area contributed by atoms with E-state index in [4.69, 9.17) is 5.73 Å². The van der Waals surface area contributed by atoms with Gasteiger partial charge in [0.2, 0.25) is 5.91 Å². The smallest absolute Gasteiger partial charge is 0.246 e. The Kier molecular flexibility index (Phi) is 1.50. The van der Waals surface area contributed by atoms with Crippen molar-refractivity contribution in [2.24, 2.45) is 11.7 Å². The molecule has 2 aliphatic rings. The first-order valence-electron chi connectivity index (χ1n) is 3.90. The molecular weight excluding hydrogens is 152 g/mol. The quantitative estimate of drug-likeness (QED) is 0.573. The predicted molar refractivity (Wildman–Crippen MR) is 46.0 cm³/mol. The standard InChI is InChI=1S/C9H10N2O/c10-9(12)7-5-11-8-4-2-1-3-6(7)8/h1-6,8,11H,(H2,10,12). The Hall–Kier alpha value is -1.51. The van der Waals surface area contributed by atoms with Crippen molar-refractivity contribution >= 4 is 5.91 Å². The van der Waals surface area contributed by atoms with Crippen LogP contribution in [-0.4, -0.2) is 11.9 Å². The number of nitrogens with two attached hydrogens (primary N) is 1. The zero-order valence-corrected chi connectivity index (χ0v) is 6.53. The third kappa shape index (κ3) is 0.942. The van der Waals surface area contributed by atoms with Crippen LogP contribution in [0.15, 0.2) is 36.1 Å². The monoisotopic (exact) mass is 162 g/mol. The van der Waals surface area contributed by atoms with E-state index in [2.05, 4.69) is 5.32 Å². The number of primary amides is 1. The van der Waals surface area contributed by atoms with Gasteiger partial charge in [-0.2, -0.15) is 0 Å². The van der Waals surface area contributed by atoms with Gasteiger partial charge in [-0.15, -0.1) is 0 Å². The van der Waals surface area contributed by atoms with E-state index in [1.54, 1.807) is 6.20 Å². The molecule has 3 nitrogen and oxygen atoms in total. The predicted octanol–water partition coefficient (Wildman–Crippen LogP) is 0.0696. The highest BCUT2D eigenvalue weighted by Gasteiger charge is 2.29. The van der Waals surface area contributed by atoms with Gasteiger partial charge in [-0.05, 0) is 0 Å². The van der Waals surface area contributed by atoms with E-state index >= 15 is 0 Å². The van der Waals surface area contributed by atoms with Gasteiger partial charge in [0, 0.05) is 17.7 Å². The van der Waals surface area contributed by atoms with Gasteiger partial charge >= 0.3 is 0 Å². The summed E-state index contributed by atoms with van der Waals surface area (Å²) in [5.41, 5.74) is 5.87. The Morgan fingerprint density at radius 1 is 1.42 bits per heavy atom. The van der Waals surface area contributed by atoms with E-state index in [1.165, 1.54) is 0 Å². The maximum atomic E-state index is 10.9. The lowest BCUT2D eigenvalue weighted by Gasteiger charge is -2.17. The van der Waals surface area contributed by atoms with Gasteiger partial charge in [-0.1, -0.05) is 24.3 Å². The van der Waals surface area contributed by atoms with Crippen molar-refractivity contribution in [1.29, 1.82) is 0 Å². The fraction of sp³-hybridized carbons (Fsp3) is 0.222. The van der Waals surface area contributed by atoms with Gasteiger partial charge in [-0.3, -0.25) is 4.79 Å². The molecule has 1 aliphatic heterocycles. The summed E-state index contributed by atoms with van der Waals surface area (Å²) in [5, 5.41) is 3.09. The van der Waals surface area contributed by atoms with Crippen molar-refractivity contribution in [3.05, 3.63) is 36.1 Å². The van der Waals surface area contributed by atoms with Gasteiger partial charge in [0.05, 0.1) is 6.04 Å². The molecular formula is C9H10N2O. The number of rotatable bonds is 1. The molecule has 62 valence electrons. The van der Waals surface area contributed by atoms with Crippen LogP contribution in [0.5, 0.6) is 0 Å². The molecule has 0 bridgehead atoms. The maximum absolute atomic E-state index is 10.9. The summed E-state index contributed by atoms with van der Waals surface area (Å²) in [6.07, 6.45) is 9.62. The Morgan fingerprint density at radius 2 is 2.17 bits per heavy atom. The van der Waals surface area contributed by atoms with Crippen LogP contribution in [0.3, 0.4) is 0 Å². The molecule has 2 atom stereocenters. The number of fused-ring (bicyclic) bond motifs is 1. The molecule has 0 saturated carbocycles. The minimum atomic E-state index is -0.338. The molecule has 1 aliphatic carbocycles. The molecule has 3 N–H and O–H groups in total. The van der Waals surface area contributed by atoms with E-state index < -0.39 is 0 Å². The Balaban J connectivity index is 2.26. The number of carbonyl (C=O) groups excluding carboxylic acids is 1. The van der Waals surface area contributed by atoms with Crippen LogP contribution >= 0.6 is 0 Å². The fourth-order valence-corrected chi connectivity index (χ4v) is 1.58. The van der Waals surface area contributed by atoms with Crippen LogP contribution in [-0.2, 0) is 4.79 Å². The van der Waals surface area contributed by atoms with E-state index in [0.717, 1.165) is 0 Å². The largest absolute Gasteiger partial charge is 0.383 e. The SMILES string of the molecule is NC(=O)C1=CNC2C=CC=CC12. The van der Waals surface area contributed by atoms with Crippen LogP contribution in [0.1, 0.15) is 0 Å². The molecule has 2 unspecified atom stereocenters. The van der Waals surface area contributed by atoms with Crippen LogP contribution in [0.4, 0.5) is 0 Å². The molecule has 0 aromatic rings. The molecule has 0 saturated heterocycles. The molecule has 3 heteroatoms. The number of hydrogen-bond donors (Lipinski definition) is 2. The second-order valence-electron chi connectivity index (χ2n) is 2.95. The molecule has 0 fully saturated rings. The highest BCUT2D eigenvalue weighted by atomic mass is 16.1. The zero-order chi connectivity index (χ0) is 8.55. The first kappa shape index (κ1) is 7.16. The lowest BCUT2D eigenvalue weighted by Crippen LogP contribution is -2.27. The second-order valence-corrected chi connectivity index (χ2v) is 2.95.